The third-order valence-corrected chi connectivity index (χ3v) is 3.51. The van der Waals surface area contributed by atoms with E-state index in [1.165, 1.54) is 5.56 Å². The standard InChI is InChI=1S/C13H10N4S/c1-7-3-4-10-9(5-7)12(8(2)15-10)13-16-11(6-14)18-17-13/h3-5,15H,1-2H3. The van der Waals surface area contributed by atoms with Crippen molar-refractivity contribution in [2.75, 3.05) is 0 Å². The number of hydrogen-bond acceptors (Lipinski definition) is 4. The molecule has 2 aromatic heterocycles. The Morgan fingerprint density at radius 2 is 2.17 bits per heavy atom. The first-order valence-corrected chi connectivity index (χ1v) is 6.29. The minimum absolute atomic E-state index is 0.395. The molecule has 0 fully saturated rings. The molecule has 0 aliphatic rings. The van der Waals surface area contributed by atoms with Gasteiger partial charge in [0.15, 0.2) is 5.82 Å². The summed E-state index contributed by atoms with van der Waals surface area (Å²) in [5, 5.41) is 10.3. The Morgan fingerprint density at radius 1 is 1.33 bits per heavy atom. The summed E-state index contributed by atoms with van der Waals surface area (Å²) in [6, 6.07) is 8.26. The number of fused-ring (bicyclic) bond motifs is 1. The fourth-order valence-electron chi connectivity index (χ4n) is 2.10. The Balaban J connectivity index is 2.31. The van der Waals surface area contributed by atoms with E-state index >= 15 is 0 Å². The zero-order chi connectivity index (χ0) is 12.7. The molecule has 1 aromatic carbocycles. The van der Waals surface area contributed by atoms with Crippen LogP contribution in [0, 0.1) is 25.2 Å². The third-order valence-electron chi connectivity index (χ3n) is 2.89. The van der Waals surface area contributed by atoms with Gasteiger partial charge in [-0.05, 0) is 37.5 Å². The molecular formula is C13H10N4S. The van der Waals surface area contributed by atoms with Crippen molar-refractivity contribution in [2.45, 2.75) is 13.8 Å². The molecular weight excluding hydrogens is 244 g/mol. The number of nitrogens with one attached hydrogen (secondary N) is 1. The maximum absolute atomic E-state index is 8.83. The zero-order valence-electron chi connectivity index (χ0n) is 9.98. The molecule has 0 aliphatic carbocycles. The van der Waals surface area contributed by atoms with Gasteiger partial charge in [0.25, 0.3) is 0 Å². The average molecular weight is 254 g/mol. The first-order valence-electron chi connectivity index (χ1n) is 5.52. The molecule has 0 saturated heterocycles. The van der Waals surface area contributed by atoms with Crippen molar-refractivity contribution in [1.82, 2.24) is 14.3 Å². The van der Waals surface area contributed by atoms with Crippen molar-refractivity contribution in [3.63, 3.8) is 0 Å². The van der Waals surface area contributed by atoms with Gasteiger partial charge >= 0.3 is 0 Å². The number of aryl methyl sites for hydroxylation is 2. The SMILES string of the molecule is Cc1ccc2[nH]c(C)c(-c3nsc(C#N)n3)c2c1. The van der Waals surface area contributed by atoms with E-state index < -0.39 is 0 Å². The number of rotatable bonds is 1. The van der Waals surface area contributed by atoms with Gasteiger partial charge < -0.3 is 4.98 Å². The van der Waals surface area contributed by atoms with E-state index in [2.05, 4.69) is 39.5 Å². The molecule has 3 rings (SSSR count). The van der Waals surface area contributed by atoms with Crippen LogP contribution in [0.1, 0.15) is 16.3 Å². The molecule has 0 amide bonds. The molecule has 0 bridgehead atoms. The minimum Gasteiger partial charge on any atom is -0.358 e. The molecule has 0 unspecified atom stereocenters. The maximum atomic E-state index is 8.83. The molecule has 0 atom stereocenters. The van der Waals surface area contributed by atoms with E-state index in [1.54, 1.807) is 0 Å². The molecule has 88 valence electrons. The predicted molar refractivity (Wildman–Crippen MR) is 71.4 cm³/mol. The molecule has 0 radical (unpaired) electrons. The lowest BCUT2D eigenvalue weighted by Gasteiger charge is -1.96. The maximum Gasteiger partial charge on any atom is 0.214 e. The Kier molecular flexibility index (Phi) is 2.39. The van der Waals surface area contributed by atoms with E-state index in [4.69, 9.17) is 5.26 Å². The van der Waals surface area contributed by atoms with Crippen molar-refractivity contribution in [3.05, 3.63) is 34.5 Å². The molecule has 4 nitrogen and oxygen atoms in total. The molecule has 3 aromatic rings. The molecule has 5 heteroatoms. The molecule has 1 N–H and O–H groups in total. The van der Waals surface area contributed by atoms with E-state index in [0.29, 0.717) is 10.8 Å². The number of hydrogen-bond donors (Lipinski definition) is 1. The number of benzene rings is 1. The highest BCUT2D eigenvalue weighted by molar-refractivity contribution is 7.06. The number of nitrogens with zero attached hydrogens (tertiary/aromatic N) is 3. The smallest absolute Gasteiger partial charge is 0.214 e. The van der Waals surface area contributed by atoms with Crippen LogP contribution in [0.25, 0.3) is 22.3 Å². The van der Waals surface area contributed by atoms with E-state index in [1.807, 2.05) is 13.0 Å². The van der Waals surface area contributed by atoms with Crippen LogP contribution in [0.15, 0.2) is 18.2 Å². The second kappa shape index (κ2) is 3.93. The average Bonchev–Trinajstić information content (AvgIpc) is 2.92. The van der Waals surface area contributed by atoms with Crippen LogP contribution >= 0.6 is 11.5 Å². The second-order valence-corrected chi connectivity index (χ2v) is 4.96. The van der Waals surface area contributed by atoms with Crippen molar-refractivity contribution >= 4 is 22.4 Å². The number of H-pyrrole nitrogens is 1. The van der Waals surface area contributed by atoms with Crippen molar-refractivity contribution in [3.8, 4) is 17.5 Å². The Labute approximate surface area is 108 Å². The van der Waals surface area contributed by atoms with Gasteiger partial charge in [-0.15, -0.1) is 0 Å². The topological polar surface area (TPSA) is 65.4 Å². The zero-order valence-corrected chi connectivity index (χ0v) is 10.8. The predicted octanol–water partition coefficient (Wildman–Crippen LogP) is 3.17. The summed E-state index contributed by atoms with van der Waals surface area (Å²) < 4.78 is 4.26. The molecule has 0 aliphatic heterocycles. The lowest BCUT2D eigenvalue weighted by Crippen LogP contribution is -1.83. The van der Waals surface area contributed by atoms with E-state index in [-0.39, 0.29) is 0 Å². The largest absolute Gasteiger partial charge is 0.358 e. The molecule has 0 spiro atoms. The Morgan fingerprint density at radius 3 is 2.89 bits per heavy atom. The van der Waals surface area contributed by atoms with Crippen LogP contribution < -0.4 is 0 Å². The van der Waals surface area contributed by atoms with E-state index in [0.717, 1.165) is 33.7 Å². The summed E-state index contributed by atoms with van der Waals surface area (Å²) >= 11 is 1.13. The highest BCUT2D eigenvalue weighted by Crippen LogP contribution is 2.31. The van der Waals surface area contributed by atoms with Gasteiger partial charge in [0.2, 0.25) is 5.01 Å². The first-order chi connectivity index (χ1) is 8.69. The lowest BCUT2D eigenvalue weighted by molar-refractivity contribution is 1.25. The molecule has 18 heavy (non-hydrogen) atoms. The monoisotopic (exact) mass is 254 g/mol. The lowest BCUT2D eigenvalue weighted by atomic mass is 10.1. The van der Waals surface area contributed by atoms with Gasteiger partial charge in [-0.3, -0.25) is 0 Å². The molecule has 2 heterocycles. The Hall–Kier alpha value is -2.19. The number of nitriles is 1. The van der Waals surface area contributed by atoms with Gasteiger partial charge in [-0.2, -0.15) is 9.64 Å². The summed E-state index contributed by atoms with van der Waals surface area (Å²) in [6.45, 7) is 4.05. The van der Waals surface area contributed by atoms with Crippen molar-refractivity contribution < 1.29 is 0 Å². The van der Waals surface area contributed by atoms with Crippen LogP contribution in [0.5, 0.6) is 0 Å². The van der Waals surface area contributed by atoms with Crippen molar-refractivity contribution in [1.29, 1.82) is 5.26 Å². The van der Waals surface area contributed by atoms with Crippen LogP contribution in [0.4, 0.5) is 0 Å². The fraction of sp³-hybridized carbons (Fsp3) is 0.154. The quantitative estimate of drug-likeness (QED) is 0.725. The fourth-order valence-corrected chi connectivity index (χ4v) is 2.57. The van der Waals surface area contributed by atoms with Gasteiger partial charge in [0, 0.05) is 22.2 Å². The summed E-state index contributed by atoms with van der Waals surface area (Å²) in [6.07, 6.45) is 0. The Bertz CT molecular complexity index is 776. The summed E-state index contributed by atoms with van der Waals surface area (Å²) in [4.78, 5) is 7.56. The van der Waals surface area contributed by atoms with Gasteiger partial charge in [-0.1, -0.05) is 11.6 Å². The normalized spacial score (nSPS) is 10.7. The second-order valence-electron chi connectivity index (χ2n) is 4.21. The van der Waals surface area contributed by atoms with Crippen LogP contribution in [-0.2, 0) is 0 Å². The summed E-state index contributed by atoms with van der Waals surface area (Å²) in [5.41, 5.74) is 4.28. The summed E-state index contributed by atoms with van der Waals surface area (Å²) in [7, 11) is 0. The number of aromatic amines is 1. The highest BCUT2D eigenvalue weighted by atomic mass is 32.1. The van der Waals surface area contributed by atoms with Crippen LogP contribution in [0.2, 0.25) is 0 Å². The highest BCUT2D eigenvalue weighted by Gasteiger charge is 2.15. The van der Waals surface area contributed by atoms with Crippen LogP contribution in [0.3, 0.4) is 0 Å². The van der Waals surface area contributed by atoms with Gasteiger partial charge in [0.05, 0.1) is 0 Å². The van der Waals surface area contributed by atoms with Gasteiger partial charge in [0.1, 0.15) is 6.07 Å². The summed E-state index contributed by atoms with van der Waals surface area (Å²) in [5.74, 6) is 0.630. The third kappa shape index (κ3) is 1.59. The number of aromatic nitrogens is 3. The first kappa shape index (κ1) is 10.9. The van der Waals surface area contributed by atoms with Gasteiger partial charge in [-0.25, -0.2) is 4.98 Å². The van der Waals surface area contributed by atoms with Crippen molar-refractivity contribution in [2.24, 2.45) is 0 Å². The van der Waals surface area contributed by atoms with Crippen LogP contribution in [-0.4, -0.2) is 14.3 Å². The molecule has 0 saturated carbocycles. The van der Waals surface area contributed by atoms with E-state index in [9.17, 15) is 0 Å². The minimum atomic E-state index is 0.395.